The summed E-state index contributed by atoms with van der Waals surface area (Å²) in [5.41, 5.74) is 0. The Hall–Kier alpha value is -0.658. The van der Waals surface area contributed by atoms with E-state index in [0.29, 0.717) is 0 Å². The number of allylic oxidation sites excluding steroid dienone is 4. The van der Waals surface area contributed by atoms with Gasteiger partial charge in [-0.25, -0.2) is 0 Å². The predicted octanol–water partition coefficient (Wildman–Crippen LogP) is -0.324. The summed E-state index contributed by atoms with van der Waals surface area (Å²) in [6.45, 7) is 5.39. The van der Waals surface area contributed by atoms with Gasteiger partial charge in [0.25, 0.3) is 0 Å². The molecule has 0 aromatic heterocycles. The van der Waals surface area contributed by atoms with Crippen LogP contribution in [0.4, 0.5) is 0 Å². The largest absolute Gasteiger partial charge is 2.00 e. The Balaban J connectivity index is -0.000000180. The second kappa shape index (κ2) is 11.4. The number of hydrogen-bond acceptors (Lipinski definition) is 4. The van der Waals surface area contributed by atoms with Gasteiger partial charge in [0.1, 0.15) is 0 Å². The molecule has 0 aliphatic rings. The van der Waals surface area contributed by atoms with Gasteiger partial charge < -0.3 is 10.2 Å². The van der Waals surface area contributed by atoms with Crippen molar-refractivity contribution in [2.24, 2.45) is 0 Å². The van der Waals surface area contributed by atoms with Crippen molar-refractivity contribution in [3.8, 4) is 0 Å². The van der Waals surface area contributed by atoms with Crippen molar-refractivity contribution in [1.82, 2.24) is 0 Å². The summed E-state index contributed by atoms with van der Waals surface area (Å²) in [5, 5.41) is 20.0. The number of rotatable bonds is 2. The van der Waals surface area contributed by atoms with Crippen LogP contribution < -0.4 is 10.2 Å². The molecule has 0 atom stereocenters. The SMILES string of the molecule is CC(=O)C=C(C)[O-].CC(=O)C=C(C)[O-].[Cd+2]. The van der Waals surface area contributed by atoms with Crippen LogP contribution in [0.3, 0.4) is 0 Å². The Bertz CT molecular complexity index is 231. The second-order valence-corrected chi connectivity index (χ2v) is 2.73. The molecule has 4 nitrogen and oxygen atoms in total. The first-order valence-electron chi connectivity index (χ1n) is 3.97. The quantitative estimate of drug-likeness (QED) is 0.398. The molecule has 0 bridgehead atoms. The van der Waals surface area contributed by atoms with E-state index in [1.54, 1.807) is 0 Å². The van der Waals surface area contributed by atoms with Crippen molar-refractivity contribution < 1.29 is 47.1 Å². The van der Waals surface area contributed by atoms with Crippen molar-refractivity contribution >= 4 is 11.6 Å². The Kier molecular flexibility index (Phi) is 15.1. The van der Waals surface area contributed by atoms with Crippen LogP contribution >= 0.6 is 0 Å². The molecular formula is C10H14CdO4. The first-order valence-corrected chi connectivity index (χ1v) is 3.97. The van der Waals surface area contributed by atoms with Crippen molar-refractivity contribution in [3.05, 3.63) is 23.7 Å². The molecule has 5 heteroatoms. The zero-order valence-corrected chi connectivity index (χ0v) is 13.5. The third-order valence-electron chi connectivity index (χ3n) is 0.813. The van der Waals surface area contributed by atoms with Gasteiger partial charge in [-0.05, 0) is 26.0 Å². The van der Waals surface area contributed by atoms with Gasteiger partial charge in [0.2, 0.25) is 0 Å². The zero-order valence-electron chi connectivity index (χ0n) is 9.49. The van der Waals surface area contributed by atoms with Gasteiger partial charge in [-0.3, -0.25) is 9.59 Å². The molecular weight excluding hydrogens is 297 g/mol. The first kappa shape index (κ1) is 19.8. The minimum Gasteiger partial charge on any atom is -0.876 e. The second-order valence-electron chi connectivity index (χ2n) is 2.73. The fourth-order valence-electron chi connectivity index (χ4n) is 0.572. The van der Waals surface area contributed by atoms with E-state index in [1.165, 1.54) is 27.7 Å². The maximum atomic E-state index is 9.98. The van der Waals surface area contributed by atoms with Gasteiger partial charge in [-0.15, -0.1) is 11.5 Å². The zero-order chi connectivity index (χ0) is 11.7. The molecule has 0 heterocycles. The van der Waals surface area contributed by atoms with Gasteiger partial charge in [-0.1, -0.05) is 13.8 Å². The summed E-state index contributed by atoms with van der Waals surface area (Å²) < 4.78 is 0. The smallest absolute Gasteiger partial charge is 0.876 e. The summed E-state index contributed by atoms with van der Waals surface area (Å²) >= 11 is 0. The first-order chi connectivity index (χ1) is 6.25. The van der Waals surface area contributed by atoms with Crippen LogP contribution in [-0.2, 0) is 36.9 Å². The molecule has 0 N–H and O–H groups in total. The van der Waals surface area contributed by atoms with Gasteiger partial charge in [0.15, 0.2) is 11.6 Å². The fraction of sp³-hybridized carbons (Fsp3) is 0.400. The van der Waals surface area contributed by atoms with E-state index < -0.39 is 0 Å². The van der Waals surface area contributed by atoms with Crippen molar-refractivity contribution in [3.63, 3.8) is 0 Å². The van der Waals surface area contributed by atoms with E-state index >= 15 is 0 Å². The van der Waals surface area contributed by atoms with Gasteiger partial charge in [0, 0.05) is 0 Å². The molecule has 15 heavy (non-hydrogen) atoms. The van der Waals surface area contributed by atoms with Crippen molar-refractivity contribution in [2.45, 2.75) is 27.7 Å². The summed E-state index contributed by atoms with van der Waals surface area (Å²) in [6, 6.07) is 0. The average molecular weight is 311 g/mol. The Morgan fingerprint density at radius 2 is 1.00 bits per heavy atom. The standard InChI is InChI=1S/2C5H8O2.Cd/c2*1-4(6)3-5(2)7;/h2*3,6H,1-2H3;/q;;+2/p-2. The molecule has 0 aliphatic heterocycles. The van der Waals surface area contributed by atoms with Crippen LogP contribution in [0.15, 0.2) is 23.7 Å². The normalized spacial score (nSPS) is 10.7. The monoisotopic (exact) mass is 312 g/mol. The van der Waals surface area contributed by atoms with Gasteiger partial charge in [0.05, 0.1) is 0 Å². The maximum absolute atomic E-state index is 9.98. The molecule has 0 unspecified atom stereocenters. The Morgan fingerprint density at radius 1 is 0.800 bits per heavy atom. The molecule has 0 saturated heterocycles. The molecule has 0 amide bonds. The third kappa shape index (κ3) is 31.8. The van der Waals surface area contributed by atoms with Crippen molar-refractivity contribution in [2.75, 3.05) is 0 Å². The number of ketones is 2. The molecule has 0 aromatic rings. The molecule has 0 aliphatic carbocycles. The molecule has 0 saturated carbocycles. The summed E-state index contributed by atoms with van der Waals surface area (Å²) in [7, 11) is 0. The fourth-order valence-corrected chi connectivity index (χ4v) is 0.572. The molecule has 80 valence electrons. The van der Waals surface area contributed by atoms with E-state index in [-0.39, 0.29) is 50.4 Å². The van der Waals surface area contributed by atoms with Crippen molar-refractivity contribution in [1.29, 1.82) is 0 Å². The third-order valence-corrected chi connectivity index (χ3v) is 0.813. The minimum atomic E-state index is -0.187. The maximum Gasteiger partial charge on any atom is 2.00 e. The van der Waals surface area contributed by atoms with E-state index in [4.69, 9.17) is 0 Å². The molecule has 0 fully saturated rings. The number of hydrogen-bond donors (Lipinski definition) is 0. The van der Waals surface area contributed by atoms with E-state index in [2.05, 4.69) is 0 Å². The Labute approximate surface area is 110 Å². The summed E-state index contributed by atoms with van der Waals surface area (Å²) in [6.07, 6.45) is 2.11. The van der Waals surface area contributed by atoms with Crippen LogP contribution in [0.1, 0.15) is 27.7 Å². The number of carbonyl (C=O) groups is 2. The van der Waals surface area contributed by atoms with Crippen LogP contribution in [0.25, 0.3) is 0 Å². The average Bonchev–Trinajstić information content (AvgIpc) is 1.79. The summed E-state index contributed by atoms with van der Waals surface area (Å²) in [4.78, 5) is 20.0. The van der Waals surface area contributed by atoms with Crippen LogP contribution in [0.5, 0.6) is 0 Å². The summed E-state index contributed by atoms with van der Waals surface area (Å²) in [5.74, 6) is -0.750. The Morgan fingerprint density at radius 3 is 1.00 bits per heavy atom. The molecule has 0 radical (unpaired) electrons. The number of carbonyl (C=O) groups excluding carboxylic acids is 2. The van der Waals surface area contributed by atoms with E-state index in [1.807, 2.05) is 0 Å². The van der Waals surface area contributed by atoms with Crippen LogP contribution in [-0.4, -0.2) is 11.6 Å². The van der Waals surface area contributed by atoms with E-state index in [9.17, 15) is 19.8 Å². The van der Waals surface area contributed by atoms with Gasteiger partial charge in [-0.2, -0.15) is 0 Å². The topological polar surface area (TPSA) is 80.3 Å². The molecule has 0 spiro atoms. The molecule has 0 aromatic carbocycles. The minimum absolute atomic E-state index is 0. The van der Waals surface area contributed by atoms with E-state index in [0.717, 1.165) is 12.2 Å². The predicted molar refractivity (Wildman–Crippen MR) is 48.9 cm³/mol. The van der Waals surface area contributed by atoms with Crippen LogP contribution in [0.2, 0.25) is 0 Å². The molecule has 0 rings (SSSR count). The van der Waals surface area contributed by atoms with Crippen LogP contribution in [0, 0.1) is 0 Å². The van der Waals surface area contributed by atoms with Gasteiger partial charge >= 0.3 is 27.3 Å².